The number of benzene rings is 2. The van der Waals surface area contributed by atoms with E-state index in [0.29, 0.717) is 21.8 Å². The second-order valence-corrected chi connectivity index (χ2v) is 8.59. The van der Waals surface area contributed by atoms with Gasteiger partial charge in [-0.05, 0) is 41.8 Å². The number of amides is 1. The Hall–Kier alpha value is -3.85. The van der Waals surface area contributed by atoms with Crippen LogP contribution in [0.2, 0.25) is 5.02 Å². The molecule has 0 unspecified atom stereocenters. The first-order valence-corrected chi connectivity index (χ1v) is 11.3. The zero-order chi connectivity index (χ0) is 25.9. The van der Waals surface area contributed by atoms with Crippen molar-refractivity contribution in [1.82, 2.24) is 19.4 Å². The van der Waals surface area contributed by atoms with Gasteiger partial charge in [-0.15, -0.1) is 0 Å². The van der Waals surface area contributed by atoms with Crippen LogP contribution in [0.15, 0.2) is 73.2 Å². The maximum Gasteiger partial charge on any atom is 0.431 e. The summed E-state index contributed by atoms with van der Waals surface area (Å²) in [5.41, 5.74) is 0.829. The van der Waals surface area contributed by atoms with Crippen molar-refractivity contribution in [2.24, 2.45) is 0 Å². The predicted molar refractivity (Wildman–Crippen MR) is 130 cm³/mol. The fourth-order valence-corrected chi connectivity index (χ4v) is 4.07. The van der Waals surface area contributed by atoms with Crippen LogP contribution in [-0.2, 0) is 19.3 Å². The van der Waals surface area contributed by atoms with Crippen LogP contribution in [0.25, 0.3) is 11.1 Å². The molecular formula is C26H22ClF3N4O2. The van der Waals surface area contributed by atoms with Crippen molar-refractivity contribution in [3.05, 3.63) is 101 Å². The normalized spacial score (nSPS) is 11.4. The lowest BCUT2D eigenvalue weighted by Crippen LogP contribution is -2.30. The Morgan fingerprint density at radius 2 is 1.78 bits per heavy atom. The summed E-state index contributed by atoms with van der Waals surface area (Å²) in [5, 5.41) is 0.430. The third kappa shape index (κ3) is 5.52. The molecule has 1 amide bonds. The Kier molecular flexibility index (Phi) is 7.30. The number of nitrogens with zero attached hydrogens (tertiary/aromatic N) is 4. The summed E-state index contributed by atoms with van der Waals surface area (Å²) in [4.78, 5) is 22.2. The molecular weight excluding hydrogens is 493 g/mol. The van der Waals surface area contributed by atoms with Gasteiger partial charge in [0.25, 0.3) is 0 Å². The number of ether oxygens (including phenoxy) is 1. The molecule has 4 rings (SSSR count). The fraction of sp³-hybridized carbons (Fsp3) is 0.192. The molecule has 0 saturated heterocycles. The van der Waals surface area contributed by atoms with Crippen LogP contribution < -0.4 is 4.74 Å². The van der Waals surface area contributed by atoms with Crippen molar-refractivity contribution in [2.45, 2.75) is 26.2 Å². The first kappa shape index (κ1) is 25.2. The van der Waals surface area contributed by atoms with E-state index < -0.39 is 18.0 Å². The highest BCUT2D eigenvalue weighted by molar-refractivity contribution is 6.30. The smallest absolute Gasteiger partial charge is 0.392 e. The molecule has 2 aromatic heterocycles. The van der Waals surface area contributed by atoms with Gasteiger partial charge >= 0.3 is 12.3 Å². The highest BCUT2D eigenvalue weighted by Gasteiger charge is 2.41. The molecule has 0 aliphatic carbocycles. The van der Waals surface area contributed by atoms with Gasteiger partial charge in [0.2, 0.25) is 5.88 Å². The third-order valence-electron chi connectivity index (χ3n) is 5.58. The fourth-order valence-electron chi connectivity index (χ4n) is 3.94. The zero-order valence-corrected chi connectivity index (χ0v) is 20.2. The van der Waals surface area contributed by atoms with Gasteiger partial charge in [-0.25, -0.2) is 14.8 Å². The minimum atomic E-state index is -4.70. The summed E-state index contributed by atoms with van der Waals surface area (Å²) in [5.74, 6) is -0.203. The molecule has 0 aliphatic rings. The first-order valence-electron chi connectivity index (χ1n) is 10.9. The summed E-state index contributed by atoms with van der Waals surface area (Å²) in [6, 6.07) is 16.6. The van der Waals surface area contributed by atoms with Crippen molar-refractivity contribution in [1.29, 1.82) is 0 Å². The Bertz CT molecular complexity index is 1340. The lowest BCUT2D eigenvalue weighted by atomic mass is 10.0. The van der Waals surface area contributed by atoms with Gasteiger partial charge in [0.05, 0.1) is 18.8 Å². The van der Waals surface area contributed by atoms with E-state index in [1.165, 1.54) is 31.4 Å². The maximum absolute atomic E-state index is 14.4. The standard InChI is InChI=1S/C26H22ClF3N4O2/c1-17-22(19-8-10-20(27)11-9-19)24(36-25(35)33(2)15-21-12-13-31-16-32-21)34(23(17)26(28,29)30)14-18-6-4-3-5-7-18/h3-13,16H,14-15H2,1-2H3. The second-order valence-electron chi connectivity index (χ2n) is 8.15. The zero-order valence-electron chi connectivity index (χ0n) is 19.5. The first-order chi connectivity index (χ1) is 17.1. The van der Waals surface area contributed by atoms with Crippen LogP contribution in [0.3, 0.4) is 0 Å². The van der Waals surface area contributed by atoms with Crippen molar-refractivity contribution >= 4 is 17.7 Å². The molecule has 0 fully saturated rings. The summed E-state index contributed by atoms with van der Waals surface area (Å²) in [6.45, 7) is 1.31. The minimum absolute atomic E-state index is 0.0537. The minimum Gasteiger partial charge on any atom is -0.392 e. The number of halogens is 4. The second kappa shape index (κ2) is 10.4. The molecule has 6 nitrogen and oxygen atoms in total. The molecule has 4 aromatic rings. The van der Waals surface area contributed by atoms with E-state index in [9.17, 15) is 18.0 Å². The Morgan fingerprint density at radius 3 is 2.39 bits per heavy atom. The number of carbonyl (C=O) groups excluding carboxylic acids is 1. The summed E-state index contributed by atoms with van der Waals surface area (Å²) in [7, 11) is 1.48. The van der Waals surface area contributed by atoms with Crippen LogP contribution in [0.5, 0.6) is 5.88 Å². The molecule has 0 aliphatic heterocycles. The van der Waals surface area contributed by atoms with Crippen LogP contribution in [-0.4, -0.2) is 32.6 Å². The van der Waals surface area contributed by atoms with Crippen molar-refractivity contribution in [3.8, 4) is 17.0 Å². The third-order valence-corrected chi connectivity index (χ3v) is 5.83. The van der Waals surface area contributed by atoms with E-state index in [-0.39, 0.29) is 30.1 Å². The molecule has 0 spiro atoms. The largest absolute Gasteiger partial charge is 0.431 e. The molecule has 0 saturated carbocycles. The average molecular weight is 515 g/mol. The van der Waals surface area contributed by atoms with Crippen LogP contribution in [0.4, 0.5) is 18.0 Å². The van der Waals surface area contributed by atoms with Gasteiger partial charge in [-0.3, -0.25) is 0 Å². The average Bonchev–Trinajstić information content (AvgIpc) is 3.11. The van der Waals surface area contributed by atoms with E-state index in [1.54, 1.807) is 60.7 Å². The maximum atomic E-state index is 14.4. The molecule has 0 radical (unpaired) electrons. The molecule has 0 bridgehead atoms. The van der Waals surface area contributed by atoms with Crippen LogP contribution in [0.1, 0.15) is 22.5 Å². The van der Waals surface area contributed by atoms with E-state index in [2.05, 4.69) is 9.97 Å². The SMILES string of the molecule is Cc1c(-c2ccc(Cl)cc2)c(OC(=O)N(C)Cc2ccncn2)n(Cc2ccccc2)c1C(F)(F)F. The van der Waals surface area contributed by atoms with Crippen LogP contribution >= 0.6 is 11.6 Å². The summed E-state index contributed by atoms with van der Waals surface area (Å²) < 4.78 is 49.8. The molecule has 0 atom stereocenters. The van der Waals surface area contributed by atoms with Gasteiger partial charge in [0.1, 0.15) is 12.0 Å². The van der Waals surface area contributed by atoms with Crippen molar-refractivity contribution in [2.75, 3.05) is 7.05 Å². The Balaban J connectivity index is 1.83. The number of alkyl halides is 3. The van der Waals surface area contributed by atoms with Gasteiger partial charge in [-0.1, -0.05) is 54.1 Å². The number of carbonyl (C=O) groups is 1. The molecule has 10 heteroatoms. The molecule has 36 heavy (non-hydrogen) atoms. The Morgan fingerprint density at radius 1 is 1.08 bits per heavy atom. The number of hydrogen-bond donors (Lipinski definition) is 0. The molecule has 2 heterocycles. The number of hydrogen-bond acceptors (Lipinski definition) is 4. The number of rotatable bonds is 6. The highest BCUT2D eigenvalue weighted by Crippen LogP contribution is 2.45. The lowest BCUT2D eigenvalue weighted by molar-refractivity contribution is -0.144. The topological polar surface area (TPSA) is 60.2 Å². The molecule has 0 N–H and O–H groups in total. The van der Waals surface area contributed by atoms with Crippen LogP contribution in [0, 0.1) is 6.92 Å². The quantitative estimate of drug-likeness (QED) is 0.291. The van der Waals surface area contributed by atoms with Crippen molar-refractivity contribution < 1.29 is 22.7 Å². The summed E-state index contributed by atoms with van der Waals surface area (Å²) in [6.07, 6.45) is -2.65. The van der Waals surface area contributed by atoms with Gasteiger partial charge in [-0.2, -0.15) is 13.2 Å². The van der Waals surface area contributed by atoms with E-state index >= 15 is 0 Å². The molecule has 2 aromatic carbocycles. The van der Waals surface area contributed by atoms with Crippen molar-refractivity contribution in [3.63, 3.8) is 0 Å². The monoisotopic (exact) mass is 514 g/mol. The predicted octanol–water partition coefficient (Wildman–Crippen LogP) is 6.60. The lowest BCUT2D eigenvalue weighted by Gasteiger charge is -2.19. The highest BCUT2D eigenvalue weighted by atomic mass is 35.5. The van der Waals surface area contributed by atoms with E-state index in [1.807, 2.05) is 0 Å². The van der Waals surface area contributed by atoms with E-state index in [4.69, 9.17) is 16.3 Å². The summed E-state index contributed by atoms with van der Waals surface area (Å²) >= 11 is 6.01. The van der Waals surface area contributed by atoms with Gasteiger partial charge in [0.15, 0.2) is 0 Å². The molecule has 186 valence electrons. The van der Waals surface area contributed by atoms with Gasteiger partial charge < -0.3 is 14.2 Å². The number of aromatic nitrogens is 3. The Labute approximate surface area is 210 Å². The van der Waals surface area contributed by atoms with Gasteiger partial charge in [0, 0.05) is 23.8 Å². The van der Waals surface area contributed by atoms with E-state index in [0.717, 1.165) is 4.57 Å².